The lowest BCUT2D eigenvalue weighted by atomic mass is 10.1. The van der Waals surface area contributed by atoms with Crippen molar-refractivity contribution in [3.63, 3.8) is 0 Å². The third kappa shape index (κ3) is 4.56. The number of benzene rings is 1. The lowest BCUT2D eigenvalue weighted by molar-refractivity contribution is 0.0892. The van der Waals surface area contributed by atoms with Gasteiger partial charge in [0.05, 0.1) is 6.61 Å². The second-order valence-corrected chi connectivity index (χ2v) is 4.71. The molecule has 0 aliphatic heterocycles. The van der Waals surface area contributed by atoms with Crippen molar-refractivity contribution in [3.8, 4) is 5.88 Å². The van der Waals surface area contributed by atoms with Crippen molar-refractivity contribution in [2.24, 2.45) is 0 Å². The normalized spacial score (nSPS) is 12.3. The van der Waals surface area contributed by atoms with Gasteiger partial charge in [-0.15, -0.1) is 0 Å². The van der Waals surface area contributed by atoms with Crippen LogP contribution in [0.1, 0.15) is 11.1 Å². The van der Waals surface area contributed by atoms with Crippen molar-refractivity contribution in [1.29, 1.82) is 0 Å². The van der Waals surface area contributed by atoms with Crippen LogP contribution in [-0.4, -0.2) is 36.5 Å². The van der Waals surface area contributed by atoms with Crippen LogP contribution >= 0.6 is 0 Å². The molecule has 2 N–H and O–H groups in total. The summed E-state index contributed by atoms with van der Waals surface area (Å²) in [4.78, 5) is 4.09. The summed E-state index contributed by atoms with van der Waals surface area (Å²) >= 11 is 0. The van der Waals surface area contributed by atoms with Gasteiger partial charge in [0.25, 0.3) is 0 Å². The predicted octanol–water partition coefficient (Wildman–Crippen LogP) is 3.00. The van der Waals surface area contributed by atoms with Crippen LogP contribution in [0, 0.1) is 0 Å². The molecule has 0 bridgehead atoms. The van der Waals surface area contributed by atoms with E-state index in [1.54, 1.807) is 12.3 Å². The molecule has 2 rings (SSSR count). The molecule has 0 aliphatic carbocycles. The molecule has 0 spiro atoms. The highest BCUT2D eigenvalue weighted by Crippen LogP contribution is 2.14. The summed E-state index contributed by atoms with van der Waals surface area (Å²) in [5.41, 5.74) is 3.05. The number of anilines is 1. The topological polar surface area (TPSA) is 54.4 Å². The van der Waals surface area contributed by atoms with E-state index in [0.29, 0.717) is 5.88 Å². The van der Waals surface area contributed by atoms with Crippen molar-refractivity contribution in [2.45, 2.75) is 6.10 Å². The number of hydrogen-bond donors (Lipinski definition) is 2. The molecule has 0 radical (unpaired) electrons. The van der Waals surface area contributed by atoms with Gasteiger partial charge in [0.15, 0.2) is 6.10 Å². The van der Waals surface area contributed by atoms with E-state index in [9.17, 15) is 4.39 Å². The van der Waals surface area contributed by atoms with Crippen LogP contribution in [0.25, 0.3) is 12.2 Å². The molecule has 0 aliphatic rings. The van der Waals surface area contributed by atoms with Gasteiger partial charge in [0, 0.05) is 25.0 Å². The molecule has 5 heteroatoms. The molecule has 0 amide bonds. The van der Waals surface area contributed by atoms with E-state index in [1.165, 1.54) is 0 Å². The summed E-state index contributed by atoms with van der Waals surface area (Å²) in [6.07, 6.45) is 4.69. The molecule has 4 nitrogen and oxygen atoms in total. The molecule has 1 atom stereocenters. The molecule has 0 fully saturated rings. The van der Waals surface area contributed by atoms with Gasteiger partial charge < -0.3 is 15.2 Å². The van der Waals surface area contributed by atoms with Crippen LogP contribution in [0.5, 0.6) is 5.88 Å². The van der Waals surface area contributed by atoms with Gasteiger partial charge in [-0.1, -0.05) is 24.3 Å². The average Bonchev–Trinajstić information content (AvgIpc) is 2.59. The van der Waals surface area contributed by atoms with Gasteiger partial charge in [-0.3, -0.25) is 0 Å². The van der Waals surface area contributed by atoms with Crippen LogP contribution in [0.15, 0.2) is 42.6 Å². The summed E-state index contributed by atoms with van der Waals surface area (Å²) in [6, 6.07) is 11.5. The number of ether oxygens (including phenoxy) is 1. The highest BCUT2D eigenvalue weighted by molar-refractivity contribution is 5.70. The van der Waals surface area contributed by atoms with E-state index in [-0.39, 0.29) is 6.61 Å². The fraction of sp³-hybridized carbons (Fsp3) is 0.235. The molecule has 1 aromatic heterocycles. The first-order valence-electron chi connectivity index (χ1n) is 7.00. The second kappa shape index (κ2) is 8.14. The Hall–Kier alpha value is -2.40. The van der Waals surface area contributed by atoms with Gasteiger partial charge in [-0.2, -0.15) is 0 Å². The summed E-state index contributed by atoms with van der Waals surface area (Å²) in [5.74, 6) is 0.298. The number of pyridine rings is 1. The zero-order valence-corrected chi connectivity index (χ0v) is 12.4. The van der Waals surface area contributed by atoms with Gasteiger partial charge in [-0.25, -0.2) is 9.37 Å². The molecule has 1 heterocycles. The first kappa shape index (κ1) is 16.0. The first-order chi connectivity index (χ1) is 10.7. The first-order valence-corrected chi connectivity index (χ1v) is 7.00. The van der Waals surface area contributed by atoms with E-state index in [0.717, 1.165) is 16.8 Å². The maximum absolute atomic E-state index is 12.5. The van der Waals surface area contributed by atoms with E-state index in [1.807, 2.05) is 49.5 Å². The van der Waals surface area contributed by atoms with Gasteiger partial charge in [-0.05, 0) is 29.3 Å². The summed E-state index contributed by atoms with van der Waals surface area (Å²) in [7, 11) is 1.88. The molecular formula is C17H19FN2O2. The van der Waals surface area contributed by atoms with E-state index >= 15 is 0 Å². The number of nitrogens with zero attached hydrogens (tertiary/aromatic N) is 1. The lowest BCUT2D eigenvalue weighted by Gasteiger charge is -2.11. The van der Waals surface area contributed by atoms with E-state index in [2.05, 4.69) is 10.3 Å². The van der Waals surface area contributed by atoms with Crippen molar-refractivity contribution in [2.75, 3.05) is 25.6 Å². The summed E-state index contributed by atoms with van der Waals surface area (Å²) < 4.78 is 17.6. The minimum absolute atomic E-state index is 0.298. The van der Waals surface area contributed by atoms with E-state index < -0.39 is 12.8 Å². The molecule has 0 saturated heterocycles. The maximum Gasteiger partial charge on any atom is 0.213 e. The SMILES string of the molecule is CNc1ccc(/C=C/c2ccc(OC(CO)CF)nc2)cc1. The standard InChI is InChI=1S/C17H19FN2O2/c1-19-15-7-4-13(5-8-15)2-3-14-6-9-17(20-11-14)22-16(10-18)12-21/h2-9,11,16,19,21H,10,12H2,1H3/b3-2+. The zero-order valence-electron chi connectivity index (χ0n) is 12.4. The number of halogens is 1. The van der Waals surface area contributed by atoms with E-state index in [4.69, 9.17) is 9.84 Å². The molecular weight excluding hydrogens is 283 g/mol. The quantitative estimate of drug-likeness (QED) is 0.825. The monoisotopic (exact) mass is 302 g/mol. The Balaban J connectivity index is 1.99. The number of alkyl halides is 1. The van der Waals surface area contributed by atoms with Crippen molar-refractivity contribution >= 4 is 17.8 Å². The lowest BCUT2D eigenvalue weighted by Crippen LogP contribution is -2.23. The van der Waals surface area contributed by atoms with Crippen LogP contribution in [0.4, 0.5) is 10.1 Å². The number of rotatable bonds is 7. The fourth-order valence-corrected chi connectivity index (χ4v) is 1.80. The van der Waals surface area contributed by atoms with Gasteiger partial charge in [0.2, 0.25) is 5.88 Å². The molecule has 22 heavy (non-hydrogen) atoms. The number of nitrogens with one attached hydrogen (secondary N) is 1. The number of aromatic nitrogens is 1. The predicted molar refractivity (Wildman–Crippen MR) is 86.6 cm³/mol. The smallest absolute Gasteiger partial charge is 0.213 e. The van der Waals surface area contributed by atoms with Crippen molar-refractivity contribution in [3.05, 3.63) is 53.7 Å². The Bertz CT molecular complexity index is 593. The third-order valence-corrected chi connectivity index (χ3v) is 3.09. The van der Waals surface area contributed by atoms with Gasteiger partial charge >= 0.3 is 0 Å². The Morgan fingerprint density at radius 1 is 1.18 bits per heavy atom. The van der Waals surface area contributed by atoms with Crippen molar-refractivity contribution < 1.29 is 14.2 Å². The fourth-order valence-electron chi connectivity index (χ4n) is 1.80. The minimum Gasteiger partial charge on any atom is -0.469 e. The van der Waals surface area contributed by atoms with Crippen LogP contribution < -0.4 is 10.1 Å². The van der Waals surface area contributed by atoms with Crippen molar-refractivity contribution in [1.82, 2.24) is 4.98 Å². The molecule has 1 unspecified atom stereocenters. The molecule has 1 aromatic carbocycles. The van der Waals surface area contributed by atoms with Crippen LogP contribution in [0.3, 0.4) is 0 Å². The Labute approximate surface area is 129 Å². The number of aliphatic hydroxyl groups excluding tert-OH is 1. The minimum atomic E-state index is -0.861. The number of aliphatic hydroxyl groups is 1. The van der Waals surface area contributed by atoms with Gasteiger partial charge in [0.1, 0.15) is 6.67 Å². The van der Waals surface area contributed by atoms with Crippen LogP contribution in [-0.2, 0) is 0 Å². The zero-order chi connectivity index (χ0) is 15.8. The Kier molecular flexibility index (Phi) is 5.91. The Morgan fingerprint density at radius 3 is 2.41 bits per heavy atom. The summed E-state index contributed by atoms with van der Waals surface area (Å²) in [5, 5.41) is 11.9. The maximum atomic E-state index is 12.5. The molecule has 2 aromatic rings. The second-order valence-electron chi connectivity index (χ2n) is 4.71. The Morgan fingerprint density at radius 2 is 1.86 bits per heavy atom. The largest absolute Gasteiger partial charge is 0.469 e. The third-order valence-electron chi connectivity index (χ3n) is 3.09. The average molecular weight is 302 g/mol. The highest BCUT2D eigenvalue weighted by Gasteiger charge is 2.08. The summed E-state index contributed by atoms with van der Waals surface area (Å²) in [6.45, 7) is -1.12. The molecule has 116 valence electrons. The van der Waals surface area contributed by atoms with Crippen LogP contribution in [0.2, 0.25) is 0 Å². The highest BCUT2D eigenvalue weighted by atomic mass is 19.1. The molecule has 0 saturated carbocycles. The number of hydrogen-bond acceptors (Lipinski definition) is 4.